The van der Waals surface area contributed by atoms with Gasteiger partial charge >= 0.3 is 6.09 Å². The average Bonchev–Trinajstić information content (AvgIpc) is 3.34. The van der Waals surface area contributed by atoms with Crippen LogP contribution < -0.4 is 26.4 Å². The van der Waals surface area contributed by atoms with E-state index in [1.807, 2.05) is 0 Å². The SMILES string of the molecule is COC[C@@H](Nc1nc(Nc2cnc(OC)c(-n3nccn3)c2)c(C(N)=O)cc1F)[C@H](C)NC(=O)O. The van der Waals surface area contributed by atoms with Crippen LogP contribution in [0.2, 0.25) is 0 Å². The summed E-state index contributed by atoms with van der Waals surface area (Å²) in [5, 5.41) is 25.1. The van der Waals surface area contributed by atoms with E-state index < -0.39 is 29.9 Å². The standard InChI is InChI=1S/C20H24FN9O5/c1-10(26-20(32)33)14(9-34-2)28-18-13(21)7-12(16(22)31)17(29-18)27-11-6-15(19(35-3)23-8-11)30-24-4-5-25-30/h4-8,10,14,26H,9H2,1-3H3,(H2,22,31)(H,32,33)(H2,27,28,29)/t10-,14+/m0/s1. The number of primary amides is 1. The minimum atomic E-state index is -1.25. The predicted molar refractivity (Wildman–Crippen MR) is 122 cm³/mol. The van der Waals surface area contributed by atoms with Gasteiger partial charge < -0.3 is 36.3 Å². The molecule has 0 aromatic carbocycles. The lowest BCUT2D eigenvalue weighted by molar-refractivity contribution is 0.1000. The van der Waals surface area contributed by atoms with E-state index in [4.69, 9.17) is 20.3 Å². The number of carbonyl (C=O) groups excluding carboxylic acids is 1. The van der Waals surface area contributed by atoms with E-state index in [0.29, 0.717) is 11.4 Å². The number of rotatable bonds is 11. The van der Waals surface area contributed by atoms with Crippen LogP contribution in [0.25, 0.3) is 5.69 Å². The van der Waals surface area contributed by atoms with E-state index in [0.717, 1.165) is 6.07 Å². The molecule has 0 radical (unpaired) electrons. The van der Waals surface area contributed by atoms with Gasteiger partial charge in [-0.2, -0.15) is 10.2 Å². The molecule has 0 aliphatic carbocycles. The maximum absolute atomic E-state index is 14.8. The van der Waals surface area contributed by atoms with Crippen molar-refractivity contribution in [3.63, 3.8) is 0 Å². The Morgan fingerprint density at radius 3 is 2.54 bits per heavy atom. The smallest absolute Gasteiger partial charge is 0.404 e. The van der Waals surface area contributed by atoms with Gasteiger partial charge in [0, 0.05) is 7.11 Å². The van der Waals surface area contributed by atoms with Gasteiger partial charge in [-0.05, 0) is 19.1 Å². The third-order valence-electron chi connectivity index (χ3n) is 4.79. The van der Waals surface area contributed by atoms with Crippen LogP contribution in [0.1, 0.15) is 17.3 Å². The number of hydrogen-bond acceptors (Lipinski definition) is 10. The second-order valence-electron chi connectivity index (χ2n) is 7.22. The fraction of sp³-hybridized carbons (Fsp3) is 0.300. The Hall–Kier alpha value is -4.53. The fourth-order valence-electron chi connectivity index (χ4n) is 3.12. The molecule has 3 aromatic rings. The van der Waals surface area contributed by atoms with Crippen molar-refractivity contribution in [1.82, 2.24) is 30.3 Å². The molecule has 3 aromatic heterocycles. The van der Waals surface area contributed by atoms with E-state index >= 15 is 0 Å². The highest BCUT2D eigenvalue weighted by Crippen LogP contribution is 2.27. The van der Waals surface area contributed by atoms with E-state index in [1.165, 1.54) is 37.6 Å². The van der Waals surface area contributed by atoms with Crippen molar-refractivity contribution < 1.29 is 28.6 Å². The molecule has 35 heavy (non-hydrogen) atoms. The van der Waals surface area contributed by atoms with Crippen LogP contribution in [0, 0.1) is 5.82 Å². The second kappa shape index (κ2) is 11.1. The molecule has 0 fully saturated rings. The molecule has 14 nitrogen and oxygen atoms in total. The molecule has 3 heterocycles. The number of pyridine rings is 2. The minimum Gasteiger partial charge on any atom is -0.479 e. The molecule has 0 aliphatic rings. The highest BCUT2D eigenvalue weighted by molar-refractivity contribution is 5.98. The van der Waals surface area contributed by atoms with E-state index in [-0.39, 0.29) is 29.7 Å². The van der Waals surface area contributed by atoms with Gasteiger partial charge in [0.05, 0.1) is 55.6 Å². The molecule has 15 heteroatoms. The first-order chi connectivity index (χ1) is 16.7. The molecular weight excluding hydrogens is 465 g/mol. The molecular formula is C20H24FN9O5. The van der Waals surface area contributed by atoms with E-state index in [2.05, 4.69) is 36.1 Å². The number of carboxylic acid groups (broad SMARTS) is 1. The van der Waals surface area contributed by atoms with Crippen LogP contribution >= 0.6 is 0 Å². The van der Waals surface area contributed by atoms with Gasteiger partial charge in [-0.15, -0.1) is 4.80 Å². The molecule has 2 amide bonds. The van der Waals surface area contributed by atoms with Gasteiger partial charge in [-0.1, -0.05) is 0 Å². The highest BCUT2D eigenvalue weighted by atomic mass is 19.1. The fourth-order valence-corrected chi connectivity index (χ4v) is 3.12. The summed E-state index contributed by atoms with van der Waals surface area (Å²) in [7, 11) is 2.85. The van der Waals surface area contributed by atoms with E-state index in [9.17, 15) is 14.0 Å². The maximum atomic E-state index is 14.8. The van der Waals surface area contributed by atoms with E-state index in [1.54, 1.807) is 13.0 Å². The number of anilines is 3. The molecule has 3 rings (SSSR count). The number of hydrogen-bond donors (Lipinski definition) is 5. The van der Waals surface area contributed by atoms with Crippen LogP contribution in [-0.2, 0) is 4.74 Å². The van der Waals surface area contributed by atoms with Crippen molar-refractivity contribution in [2.45, 2.75) is 19.0 Å². The zero-order valence-electron chi connectivity index (χ0n) is 19.0. The molecule has 0 spiro atoms. The van der Waals surface area contributed by atoms with Crippen molar-refractivity contribution in [2.24, 2.45) is 5.73 Å². The van der Waals surface area contributed by atoms with Gasteiger partial charge in [0.15, 0.2) is 11.6 Å². The highest BCUT2D eigenvalue weighted by Gasteiger charge is 2.23. The molecule has 2 atom stereocenters. The Kier molecular flexibility index (Phi) is 7.93. The first-order valence-electron chi connectivity index (χ1n) is 10.2. The molecule has 0 aliphatic heterocycles. The lowest BCUT2D eigenvalue weighted by Crippen LogP contribution is -2.47. The van der Waals surface area contributed by atoms with Gasteiger partial charge in [-0.3, -0.25) is 4.79 Å². The molecule has 6 N–H and O–H groups in total. The van der Waals surface area contributed by atoms with Crippen LogP contribution in [0.5, 0.6) is 5.88 Å². The summed E-state index contributed by atoms with van der Waals surface area (Å²) in [6.45, 7) is 1.61. The lowest BCUT2D eigenvalue weighted by atomic mass is 10.1. The van der Waals surface area contributed by atoms with Gasteiger partial charge in [0.1, 0.15) is 11.5 Å². The Morgan fingerprint density at radius 2 is 1.94 bits per heavy atom. The normalized spacial score (nSPS) is 12.5. The van der Waals surface area contributed by atoms with Crippen LogP contribution in [0.3, 0.4) is 0 Å². The molecule has 0 saturated carbocycles. The zero-order valence-corrected chi connectivity index (χ0v) is 19.0. The van der Waals surface area contributed by atoms with Gasteiger partial charge in [0.25, 0.3) is 5.91 Å². The van der Waals surface area contributed by atoms with Crippen molar-refractivity contribution >= 4 is 29.3 Å². The summed E-state index contributed by atoms with van der Waals surface area (Å²) in [6.07, 6.45) is 3.10. The summed E-state index contributed by atoms with van der Waals surface area (Å²) in [5.74, 6) is -1.88. The Bertz CT molecular complexity index is 1190. The molecule has 186 valence electrons. The van der Waals surface area contributed by atoms with Gasteiger partial charge in [0.2, 0.25) is 5.88 Å². The third kappa shape index (κ3) is 6.08. The topological polar surface area (TPSA) is 191 Å². The minimum absolute atomic E-state index is 0.0333. The predicted octanol–water partition coefficient (Wildman–Crippen LogP) is 1.13. The molecule has 0 bridgehead atoms. The molecule has 0 unspecified atom stereocenters. The Labute approximate surface area is 198 Å². The zero-order chi connectivity index (χ0) is 25.5. The second-order valence-corrected chi connectivity index (χ2v) is 7.22. The van der Waals surface area contributed by atoms with Crippen LogP contribution in [0.4, 0.5) is 26.5 Å². The number of nitrogens with two attached hydrogens (primary N) is 1. The average molecular weight is 489 g/mol. The number of ether oxygens (including phenoxy) is 2. The number of methoxy groups -OCH3 is 2. The van der Waals surface area contributed by atoms with Crippen molar-refractivity contribution in [2.75, 3.05) is 31.5 Å². The maximum Gasteiger partial charge on any atom is 0.404 e. The first kappa shape index (κ1) is 25.1. The summed E-state index contributed by atoms with van der Waals surface area (Å²) in [6, 6.07) is 1.15. The lowest BCUT2D eigenvalue weighted by Gasteiger charge is -2.25. The number of nitrogens with one attached hydrogen (secondary N) is 3. The monoisotopic (exact) mass is 489 g/mol. The molecule has 0 saturated heterocycles. The van der Waals surface area contributed by atoms with Crippen molar-refractivity contribution in [3.8, 4) is 11.6 Å². The number of nitrogens with zero attached hydrogens (tertiary/aromatic N) is 5. The Balaban J connectivity index is 1.97. The number of amides is 2. The van der Waals surface area contributed by atoms with Crippen LogP contribution in [-0.4, -0.2) is 75.0 Å². The summed E-state index contributed by atoms with van der Waals surface area (Å²) >= 11 is 0. The van der Waals surface area contributed by atoms with Gasteiger partial charge in [-0.25, -0.2) is 19.2 Å². The number of carbonyl (C=O) groups is 2. The first-order valence-corrected chi connectivity index (χ1v) is 10.2. The summed E-state index contributed by atoms with van der Waals surface area (Å²) < 4.78 is 25.2. The van der Waals surface area contributed by atoms with Crippen molar-refractivity contribution in [1.29, 1.82) is 0 Å². The Morgan fingerprint density at radius 1 is 1.23 bits per heavy atom. The summed E-state index contributed by atoms with van der Waals surface area (Å²) in [4.78, 5) is 32.7. The largest absolute Gasteiger partial charge is 0.479 e. The number of aromatic nitrogens is 5. The van der Waals surface area contributed by atoms with Crippen LogP contribution in [0.15, 0.2) is 30.7 Å². The third-order valence-corrected chi connectivity index (χ3v) is 4.79. The summed E-state index contributed by atoms with van der Waals surface area (Å²) in [5.41, 5.74) is 5.94. The van der Waals surface area contributed by atoms with Crippen molar-refractivity contribution in [3.05, 3.63) is 42.1 Å². The number of halogens is 1. The quantitative estimate of drug-likeness (QED) is 0.259.